The van der Waals surface area contributed by atoms with E-state index in [0.29, 0.717) is 17.5 Å². The highest BCUT2D eigenvalue weighted by atomic mass is 32.2. The molecule has 0 radical (unpaired) electrons. The number of aryl methyl sites for hydroxylation is 1. The van der Waals surface area contributed by atoms with E-state index in [1.165, 1.54) is 17.3 Å². The fraction of sp³-hybridized carbons (Fsp3) is 0.185. The molecule has 0 bridgehead atoms. The van der Waals surface area contributed by atoms with E-state index in [-0.39, 0.29) is 0 Å². The van der Waals surface area contributed by atoms with Crippen molar-refractivity contribution in [3.8, 4) is 34.3 Å². The summed E-state index contributed by atoms with van der Waals surface area (Å²) in [5.41, 5.74) is 3.06. The number of benzene rings is 3. The van der Waals surface area contributed by atoms with Crippen molar-refractivity contribution >= 4 is 11.8 Å². The summed E-state index contributed by atoms with van der Waals surface area (Å²) in [6.45, 7) is 0.736. The third kappa shape index (κ3) is 5.41. The normalized spacial score (nSPS) is 10.9. The quantitative estimate of drug-likeness (QED) is 0.231. The van der Waals surface area contributed by atoms with Gasteiger partial charge in [0, 0.05) is 17.7 Å². The standard InChI is InChI=1S/C27H25N5O3S/c1-33-22-13-11-20(12-14-22)26-29-30-27(32(26)16-15-19-7-4-3-5-8-19)36-18-24-28-25(31-35-24)21-9-6-10-23(17-21)34-2/h3-14,17H,15-16,18H2,1-2H3. The number of hydrogen-bond donors (Lipinski definition) is 0. The predicted octanol–water partition coefficient (Wildman–Crippen LogP) is 5.55. The van der Waals surface area contributed by atoms with Crippen molar-refractivity contribution in [2.45, 2.75) is 23.9 Å². The van der Waals surface area contributed by atoms with Crippen molar-refractivity contribution in [1.29, 1.82) is 0 Å². The molecule has 5 aromatic rings. The van der Waals surface area contributed by atoms with Crippen LogP contribution in [-0.4, -0.2) is 39.1 Å². The van der Waals surface area contributed by atoms with Gasteiger partial charge in [-0.3, -0.25) is 0 Å². The molecule has 3 aromatic carbocycles. The Morgan fingerprint density at radius 2 is 1.64 bits per heavy atom. The van der Waals surface area contributed by atoms with Gasteiger partial charge in [0.25, 0.3) is 0 Å². The zero-order chi connectivity index (χ0) is 24.7. The zero-order valence-corrected chi connectivity index (χ0v) is 20.8. The Balaban J connectivity index is 1.36. The molecule has 0 amide bonds. The van der Waals surface area contributed by atoms with Crippen molar-refractivity contribution in [1.82, 2.24) is 24.9 Å². The summed E-state index contributed by atoms with van der Waals surface area (Å²) < 4.78 is 18.2. The van der Waals surface area contributed by atoms with Crippen LogP contribution in [-0.2, 0) is 18.7 Å². The summed E-state index contributed by atoms with van der Waals surface area (Å²) in [5.74, 6) is 3.86. The summed E-state index contributed by atoms with van der Waals surface area (Å²) in [5, 5.41) is 13.9. The lowest BCUT2D eigenvalue weighted by Crippen LogP contribution is -2.05. The SMILES string of the molecule is COc1ccc(-c2nnc(SCc3nc(-c4cccc(OC)c4)no3)n2CCc2ccccc2)cc1. The molecule has 2 aromatic heterocycles. The van der Waals surface area contributed by atoms with Crippen LogP contribution < -0.4 is 9.47 Å². The lowest BCUT2D eigenvalue weighted by Gasteiger charge is -2.10. The minimum atomic E-state index is 0.475. The largest absolute Gasteiger partial charge is 0.497 e. The van der Waals surface area contributed by atoms with E-state index in [2.05, 4.69) is 49.2 Å². The average molecular weight is 500 g/mol. The van der Waals surface area contributed by atoms with Crippen LogP contribution in [0.3, 0.4) is 0 Å². The fourth-order valence-corrected chi connectivity index (χ4v) is 4.56. The maximum Gasteiger partial charge on any atom is 0.237 e. The van der Waals surface area contributed by atoms with Crippen LogP contribution in [0, 0.1) is 0 Å². The fourth-order valence-electron chi connectivity index (χ4n) is 3.76. The molecular weight excluding hydrogens is 474 g/mol. The van der Waals surface area contributed by atoms with Gasteiger partial charge in [-0.05, 0) is 48.4 Å². The highest BCUT2D eigenvalue weighted by Crippen LogP contribution is 2.29. The number of nitrogens with zero attached hydrogens (tertiary/aromatic N) is 5. The first-order valence-electron chi connectivity index (χ1n) is 11.4. The Morgan fingerprint density at radius 1 is 0.833 bits per heavy atom. The van der Waals surface area contributed by atoms with E-state index in [9.17, 15) is 0 Å². The number of methoxy groups -OCH3 is 2. The first kappa shape index (κ1) is 23.6. The molecule has 36 heavy (non-hydrogen) atoms. The van der Waals surface area contributed by atoms with Gasteiger partial charge in [0.2, 0.25) is 11.7 Å². The van der Waals surface area contributed by atoms with Crippen molar-refractivity contribution < 1.29 is 14.0 Å². The topological polar surface area (TPSA) is 88.1 Å². The molecule has 182 valence electrons. The number of hydrogen-bond acceptors (Lipinski definition) is 8. The molecule has 9 heteroatoms. The van der Waals surface area contributed by atoms with Gasteiger partial charge in [-0.15, -0.1) is 10.2 Å². The van der Waals surface area contributed by atoms with Gasteiger partial charge in [0.15, 0.2) is 11.0 Å². The first-order chi connectivity index (χ1) is 17.7. The third-order valence-corrected chi connectivity index (χ3v) is 6.60. The minimum Gasteiger partial charge on any atom is -0.497 e. The van der Waals surface area contributed by atoms with Crippen LogP contribution in [0.15, 0.2) is 88.5 Å². The van der Waals surface area contributed by atoms with Gasteiger partial charge in [0.1, 0.15) is 11.5 Å². The Morgan fingerprint density at radius 3 is 2.42 bits per heavy atom. The van der Waals surface area contributed by atoms with Gasteiger partial charge >= 0.3 is 0 Å². The van der Waals surface area contributed by atoms with E-state index in [1.54, 1.807) is 14.2 Å². The number of ether oxygens (including phenoxy) is 2. The minimum absolute atomic E-state index is 0.475. The lowest BCUT2D eigenvalue weighted by molar-refractivity contribution is 0.391. The molecule has 0 atom stereocenters. The third-order valence-electron chi connectivity index (χ3n) is 5.65. The molecule has 0 saturated carbocycles. The molecule has 0 fully saturated rings. The average Bonchev–Trinajstić information content (AvgIpc) is 3.58. The molecule has 0 saturated heterocycles. The first-order valence-corrected chi connectivity index (χ1v) is 12.4. The second-order valence-corrected chi connectivity index (χ2v) is 8.90. The summed E-state index contributed by atoms with van der Waals surface area (Å²) in [4.78, 5) is 4.55. The van der Waals surface area contributed by atoms with E-state index in [0.717, 1.165) is 46.6 Å². The Bertz CT molecular complexity index is 1420. The van der Waals surface area contributed by atoms with Gasteiger partial charge in [0.05, 0.1) is 20.0 Å². The molecular formula is C27H25N5O3S. The highest BCUT2D eigenvalue weighted by molar-refractivity contribution is 7.98. The molecule has 0 aliphatic heterocycles. The molecule has 0 aliphatic carbocycles. The molecule has 2 heterocycles. The number of aromatic nitrogens is 5. The Labute approximate surface area is 213 Å². The summed E-state index contributed by atoms with van der Waals surface area (Å²) >= 11 is 1.52. The van der Waals surface area contributed by atoms with Crippen LogP contribution in [0.1, 0.15) is 11.5 Å². The zero-order valence-electron chi connectivity index (χ0n) is 20.0. The van der Waals surface area contributed by atoms with Crippen LogP contribution in [0.4, 0.5) is 0 Å². The van der Waals surface area contributed by atoms with Crippen LogP contribution in [0.5, 0.6) is 11.5 Å². The van der Waals surface area contributed by atoms with E-state index < -0.39 is 0 Å². The molecule has 0 spiro atoms. The van der Waals surface area contributed by atoms with Gasteiger partial charge in [-0.25, -0.2) is 0 Å². The molecule has 5 rings (SSSR count). The van der Waals surface area contributed by atoms with Gasteiger partial charge < -0.3 is 18.6 Å². The molecule has 0 aliphatic rings. The Hall–Kier alpha value is -4.11. The molecule has 0 unspecified atom stereocenters. The maximum absolute atomic E-state index is 5.51. The van der Waals surface area contributed by atoms with Crippen molar-refractivity contribution in [3.05, 3.63) is 90.3 Å². The van der Waals surface area contributed by atoms with Crippen molar-refractivity contribution in [2.24, 2.45) is 0 Å². The molecule has 0 N–H and O–H groups in total. The monoisotopic (exact) mass is 499 g/mol. The molecule has 8 nitrogen and oxygen atoms in total. The van der Waals surface area contributed by atoms with Gasteiger partial charge in [-0.2, -0.15) is 4.98 Å². The van der Waals surface area contributed by atoms with Crippen molar-refractivity contribution in [2.75, 3.05) is 14.2 Å². The number of rotatable bonds is 10. The number of thioether (sulfide) groups is 1. The van der Waals surface area contributed by atoms with E-state index in [1.807, 2.05) is 54.6 Å². The summed E-state index contributed by atoms with van der Waals surface area (Å²) in [7, 11) is 3.29. The maximum atomic E-state index is 5.51. The van der Waals surface area contributed by atoms with Crippen LogP contribution in [0.2, 0.25) is 0 Å². The summed E-state index contributed by atoms with van der Waals surface area (Å²) in [6, 6.07) is 25.8. The van der Waals surface area contributed by atoms with Gasteiger partial charge in [-0.1, -0.05) is 59.4 Å². The van der Waals surface area contributed by atoms with Crippen LogP contribution >= 0.6 is 11.8 Å². The second kappa shape index (κ2) is 11.1. The Kier molecular flexibility index (Phi) is 7.28. The summed E-state index contributed by atoms with van der Waals surface area (Å²) in [6.07, 6.45) is 0.857. The highest BCUT2D eigenvalue weighted by Gasteiger charge is 2.17. The predicted molar refractivity (Wildman–Crippen MR) is 138 cm³/mol. The van der Waals surface area contributed by atoms with Crippen molar-refractivity contribution in [3.63, 3.8) is 0 Å². The van der Waals surface area contributed by atoms with E-state index in [4.69, 9.17) is 14.0 Å². The van der Waals surface area contributed by atoms with E-state index >= 15 is 0 Å². The van der Waals surface area contributed by atoms with Crippen LogP contribution in [0.25, 0.3) is 22.8 Å². The lowest BCUT2D eigenvalue weighted by atomic mass is 10.1. The smallest absolute Gasteiger partial charge is 0.237 e. The second-order valence-electron chi connectivity index (χ2n) is 7.95.